The van der Waals surface area contributed by atoms with E-state index in [1.54, 1.807) is 0 Å². The highest BCUT2D eigenvalue weighted by Crippen LogP contribution is 2.23. The number of amides is 2. The van der Waals surface area contributed by atoms with Gasteiger partial charge in [0.1, 0.15) is 0 Å². The van der Waals surface area contributed by atoms with E-state index in [-0.39, 0.29) is 17.7 Å². The standard InChI is InChI=1S/C25H33N3O2S/c29-24(22-11-5-15-28(20-22)25(30)23-12-6-19-31-23)27-16-7-14-26(17-18-27)13-4-10-21-8-2-1-3-9-21/h1-3,6,8-9,12,19,22H,4-5,7,10-11,13-18,20H2. The lowest BCUT2D eigenvalue weighted by atomic mass is 9.96. The van der Waals surface area contributed by atoms with E-state index in [0.717, 1.165) is 76.2 Å². The lowest BCUT2D eigenvalue weighted by Crippen LogP contribution is -2.47. The Morgan fingerprint density at radius 1 is 0.903 bits per heavy atom. The van der Waals surface area contributed by atoms with Crippen molar-refractivity contribution in [2.24, 2.45) is 5.92 Å². The van der Waals surface area contributed by atoms with Gasteiger partial charge in [-0.25, -0.2) is 0 Å². The van der Waals surface area contributed by atoms with E-state index in [9.17, 15) is 9.59 Å². The minimum absolute atomic E-state index is 0.0534. The fourth-order valence-corrected chi connectivity index (χ4v) is 5.43. The van der Waals surface area contributed by atoms with Crippen LogP contribution in [0.1, 0.15) is 40.9 Å². The quantitative estimate of drug-likeness (QED) is 0.688. The predicted octanol–water partition coefficient (Wildman–Crippen LogP) is 3.77. The van der Waals surface area contributed by atoms with E-state index in [4.69, 9.17) is 0 Å². The van der Waals surface area contributed by atoms with Crippen molar-refractivity contribution in [3.63, 3.8) is 0 Å². The van der Waals surface area contributed by atoms with Gasteiger partial charge < -0.3 is 14.7 Å². The van der Waals surface area contributed by atoms with Crippen LogP contribution in [-0.2, 0) is 11.2 Å². The Kier molecular flexibility index (Phi) is 7.76. The second kappa shape index (κ2) is 10.9. The van der Waals surface area contributed by atoms with Crippen molar-refractivity contribution < 1.29 is 9.59 Å². The minimum atomic E-state index is -0.0534. The molecule has 1 unspecified atom stereocenters. The van der Waals surface area contributed by atoms with E-state index in [1.807, 2.05) is 22.4 Å². The monoisotopic (exact) mass is 439 g/mol. The van der Waals surface area contributed by atoms with E-state index < -0.39 is 0 Å². The number of benzene rings is 1. The van der Waals surface area contributed by atoms with Crippen LogP contribution in [0.15, 0.2) is 47.8 Å². The molecule has 5 nitrogen and oxygen atoms in total. The summed E-state index contributed by atoms with van der Waals surface area (Å²) < 4.78 is 0. The summed E-state index contributed by atoms with van der Waals surface area (Å²) in [7, 11) is 0. The van der Waals surface area contributed by atoms with Crippen LogP contribution < -0.4 is 0 Å². The number of aryl methyl sites for hydroxylation is 1. The van der Waals surface area contributed by atoms with Gasteiger partial charge in [0.2, 0.25) is 5.91 Å². The molecule has 0 spiro atoms. The van der Waals surface area contributed by atoms with Crippen LogP contribution in [0, 0.1) is 5.92 Å². The minimum Gasteiger partial charge on any atom is -0.341 e. The number of carbonyl (C=O) groups excluding carboxylic acids is 2. The first-order chi connectivity index (χ1) is 15.2. The van der Waals surface area contributed by atoms with Gasteiger partial charge in [-0.3, -0.25) is 9.59 Å². The molecule has 2 aromatic rings. The first kappa shape index (κ1) is 22.0. The topological polar surface area (TPSA) is 43.9 Å². The van der Waals surface area contributed by atoms with Gasteiger partial charge in [-0.2, -0.15) is 0 Å². The SMILES string of the molecule is O=C(c1cccs1)N1CCCC(C(=O)N2CCCN(CCCc3ccccc3)CC2)C1. The molecule has 0 bridgehead atoms. The molecule has 2 saturated heterocycles. The fourth-order valence-electron chi connectivity index (χ4n) is 4.74. The molecule has 0 radical (unpaired) electrons. The summed E-state index contributed by atoms with van der Waals surface area (Å²) in [5, 5.41) is 1.93. The Morgan fingerprint density at radius 2 is 1.74 bits per heavy atom. The van der Waals surface area contributed by atoms with Crippen molar-refractivity contribution in [1.29, 1.82) is 0 Å². The van der Waals surface area contributed by atoms with Crippen LogP contribution in [0.3, 0.4) is 0 Å². The van der Waals surface area contributed by atoms with E-state index in [1.165, 1.54) is 16.9 Å². The highest BCUT2D eigenvalue weighted by Gasteiger charge is 2.32. The number of nitrogens with zero attached hydrogens (tertiary/aromatic N) is 3. The highest BCUT2D eigenvalue weighted by molar-refractivity contribution is 7.12. The maximum Gasteiger partial charge on any atom is 0.263 e. The smallest absolute Gasteiger partial charge is 0.263 e. The fraction of sp³-hybridized carbons (Fsp3) is 0.520. The van der Waals surface area contributed by atoms with Gasteiger partial charge in [-0.1, -0.05) is 36.4 Å². The third kappa shape index (κ3) is 5.95. The lowest BCUT2D eigenvalue weighted by Gasteiger charge is -2.34. The van der Waals surface area contributed by atoms with Gasteiger partial charge in [0.15, 0.2) is 0 Å². The molecule has 1 atom stereocenters. The van der Waals surface area contributed by atoms with Gasteiger partial charge >= 0.3 is 0 Å². The molecule has 6 heteroatoms. The zero-order valence-electron chi connectivity index (χ0n) is 18.2. The number of likely N-dealkylation sites (tertiary alicyclic amines) is 1. The normalized spacial score (nSPS) is 20.5. The van der Waals surface area contributed by atoms with Gasteiger partial charge in [0, 0.05) is 32.7 Å². The van der Waals surface area contributed by atoms with Gasteiger partial charge in [-0.15, -0.1) is 11.3 Å². The molecule has 0 saturated carbocycles. The molecule has 1 aromatic heterocycles. The molecule has 2 amide bonds. The summed E-state index contributed by atoms with van der Waals surface area (Å²) in [6.45, 7) is 6.06. The third-order valence-electron chi connectivity index (χ3n) is 6.47. The summed E-state index contributed by atoms with van der Waals surface area (Å²) in [5.41, 5.74) is 1.40. The first-order valence-electron chi connectivity index (χ1n) is 11.6. The van der Waals surface area contributed by atoms with Crippen LogP contribution in [0.2, 0.25) is 0 Å². The van der Waals surface area contributed by atoms with Crippen LogP contribution in [0.4, 0.5) is 0 Å². The second-order valence-corrected chi connectivity index (χ2v) is 9.62. The Labute approximate surface area is 189 Å². The Morgan fingerprint density at radius 3 is 2.55 bits per heavy atom. The van der Waals surface area contributed by atoms with Crippen molar-refractivity contribution in [2.75, 3.05) is 45.8 Å². The first-order valence-corrected chi connectivity index (χ1v) is 12.5. The van der Waals surface area contributed by atoms with E-state index in [0.29, 0.717) is 6.54 Å². The van der Waals surface area contributed by atoms with Crippen LogP contribution in [0.5, 0.6) is 0 Å². The number of hydrogen-bond acceptors (Lipinski definition) is 4. The average molecular weight is 440 g/mol. The number of piperidine rings is 1. The Hall–Kier alpha value is -2.18. The van der Waals surface area contributed by atoms with Crippen molar-refractivity contribution >= 4 is 23.2 Å². The summed E-state index contributed by atoms with van der Waals surface area (Å²) in [6, 6.07) is 14.4. The van der Waals surface area contributed by atoms with Crippen molar-refractivity contribution in [3.05, 3.63) is 58.3 Å². The maximum absolute atomic E-state index is 13.2. The van der Waals surface area contributed by atoms with Gasteiger partial charge in [0.25, 0.3) is 5.91 Å². The number of carbonyl (C=O) groups is 2. The molecule has 0 N–H and O–H groups in total. The summed E-state index contributed by atoms with van der Waals surface area (Å²) in [4.78, 5) is 33.2. The van der Waals surface area contributed by atoms with Crippen LogP contribution in [-0.4, -0.2) is 72.3 Å². The summed E-state index contributed by atoms with van der Waals surface area (Å²) in [6.07, 6.45) is 5.09. The number of hydrogen-bond donors (Lipinski definition) is 0. The van der Waals surface area contributed by atoms with Crippen LogP contribution in [0.25, 0.3) is 0 Å². The average Bonchev–Trinajstić information content (AvgIpc) is 3.25. The van der Waals surface area contributed by atoms with Crippen LogP contribution >= 0.6 is 11.3 Å². The molecular formula is C25H33N3O2S. The molecule has 2 fully saturated rings. The molecule has 2 aliphatic rings. The molecule has 166 valence electrons. The molecule has 4 rings (SSSR count). The predicted molar refractivity (Wildman–Crippen MR) is 125 cm³/mol. The Balaban J connectivity index is 1.24. The lowest BCUT2D eigenvalue weighted by molar-refractivity contribution is -0.136. The van der Waals surface area contributed by atoms with Gasteiger partial charge in [-0.05, 0) is 62.2 Å². The van der Waals surface area contributed by atoms with Crippen molar-refractivity contribution in [3.8, 4) is 0 Å². The van der Waals surface area contributed by atoms with E-state index >= 15 is 0 Å². The zero-order chi connectivity index (χ0) is 21.5. The molecule has 3 heterocycles. The second-order valence-electron chi connectivity index (χ2n) is 8.68. The molecule has 31 heavy (non-hydrogen) atoms. The number of rotatable bonds is 6. The molecular weight excluding hydrogens is 406 g/mol. The third-order valence-corrected chi connectivity index (χ3v) is 7.33. The number of thiophene rings is 1. The maximum atomic E-state index is 13.2. The molecule has 1 aromatic carbocycles. The largest absolute Gasteiger partial charge is 0.341 e. The highest BCUT2D eigenvalue weighted by atomic mass is 32.1. The van der Waals surface area contributed by atoms with Gasteiger partial charge in [0.05, 0.1) is 10.8 Å². The van der Waals surface area contributed by atoms with E-state index in [2.05, 4.69) is 40.1 Å². The summed E-state index contributed by atoms with van der Waals surface area (Å²) in [5.74, 6) is 0.269. The Bertz CT molecular complexity index is 840. The summed E-state index contributed by atoms with van der Waals surface area (Å²) >= 11 is 1.48. The van der Waals surface area contributed by atoms with Crippen molar-refractivity contribution in [2.45, 2.75) is 32.1 Å². The molecule has 0 aliphatic carbocycles. The molecule has 2 aliphatic heterocycles. The van der Waals surface area contributed by atoms with Crippen molar-refractivity contribution in [1.82, 2.24) is 14.7 Å². The zero-order valence-corrected chi connectivity index (χ0v) is 19.1.